The van der Waals surface area contributed by atoms with Crippen LogP contribution in [0.1, 0.15) is 19.3 Å². The van der Waals surface area contributed by atoms with Crippen molar-refractivity contribution >= 4 is 33.3 Å². The van der Waals surface area contributed by atoms with Crippen LogP contribution in [0.3, 0.4) is 0 Å². The van der Waals surface area contributed by atoms with E-state index in [0.29, 0.717) is 0 Å². The molecule has 1 saturated carbocycles. The Morgan fingerprint density at radius 2 is 1.93 bits per heavy atom. The van der Waals surface area contributed by atoms with Gasteiger partial charge in [0.1, 0.15) is 0 Å². The van der Waals surface area contributed by atoms with E-state index >= 15 is 0 Å². The van der Waals surface area contributed by atoms with Gasteiger partial charge in [0.05, 0.1) is 28.7 Å². The van der Waals surface area contributed by atoms with Crippen molar-refractivity contribution < 1.29 is 31.9 Å². The molecule has 1 saturated heterocycles. The lowest BCUT2D eigenvalue weighted by Crippen LogP contribution is -2.39. The van der Waals surface area contributed by atoms with Gasteiger partial charge in [0.25, 0.3) is 5.92 Å². The molecule has 0 spiro atoms. The smallest absolute Gasteiger partial charge is 0.307 e. The lowest BCUT2D eigenvalue weighted by atomic mass is 9.95. The number of hydrogen-bond donors (Lipinski definition) is 1. The van der Waals surface area contributed by atoms with Gasteiger partial charge in [0.2, 0.25) is 5.91 Å². The van der Waals surface area contributed by atoms with Crippen LogP contribution in [-0.4, -0.2) is 59.5 Å². The van der Waals surface area contributed by atoms with Gasteiger partial charge in [-0.1, -0.05) is 11.6 Å². The van der Waals surface area contributed by atoms with Crippen LogP contribution >= 0.6 is 11.6 Å². The maximum atomic E-state index is 13.4. The van der Waals surface area contributed by atoms with Crippen LogP contribution in [-0.2, 0) is 19.4 Å². The van der Waals surface area contributed by atoms with Crippen molar-refractivity contribution in [3.05, 3.63) is 23.4 Å². The molecule has 1 aromatic rings. The van der Waals surface area contributed by atoms with E-state index in [1.54, 1.807) is 0 Å². The molecular formula is C16H17ClF2N2O5S. The summed E-state index contributed by atoms with van der Waals surface area (Å²) < 4.78 is 52.3. The average Bonchev–Trinajstić information content (AvgIpc) is 3.18. The fourth-order valence-corrected chi connectivity index (χ4v) is 5.48. The van der Waals surface area contributed by atoms with Crippen LogP contribution in [0, 0.1) is 11.8 Å². The number of nitrogens with zero attached hydrogens (tertiary/aromatic N) is 2. The molecule has 0 aromatic carbocycles. The number of hydrogen-bond acceptors (Lipinski definition) is 5. The summed E-state index contributed by atoms with van der Waals surface area (Å²) in [6.45, 7) is -0.949. The number of sulfone groups is 1. The summed E-state index contributed by atoms with van der Waals surface area (Å²) in [7, 11) is -3.99. The Balaban J connectivity index is 1.83. The number of alkyl halides is 2. The second-order valence-corrected chi connectivity index (χ2v) is 9.48. The summed E-state index contributed by atoms with van der Waals surface area (Å²) in [5, 5.41) is 8.27. The fraction of sp³-hybridized carbons (Fsp3) is 0.562. The number of carbonyl (C=O) groups is 2. The van der Waals surface area contributed by atoms with Gasteiger partial charge in [0, 0.05) is 19.2 Å². The third-order valence-corrected chi connectivity index (χ3v) is 7.38. The van der Waals surface area contributed by atoms with Crippen molar-refractivity contribution in [3.8, 4) is 0 Å². The summed E-state index contributed by atoms with van der Waals surface area (Å²) in [5.41, 5.74) is 0. The monoisotopic (exact) mass is 422 g/mol. The topological polar surface area (TPSA) is 105 Å². The molecular weight excluding hydrogens is 406 g/mol. The molecule has 11 heteroatoms. The standard InChI is InChI=1S/C16H17ClF2N2O5S/c17-9-1-2-13(20-7-9)27(25,26)10-5-11(12(6-10)15(23)24)14(22)21-4-3-16(18,19)8-21/h1-2,7,10-12H,3-6,8H2,(H,23,24)/t10-,11-,12-/m1/s1. The number of aliphatic carboxylic acids is 1. The van der Waals surface area contributed by atoms with Crippen molar-refractivity contribution in [2.45, 2.75) is 35.5 Å². The van der Waals surface area contributed by atoms with E-state index in [4.69, 9.17) is 11.6 Å². The van der Waals surface area contributed by atoms with E-state index in [9.17, 15) is 31.9 Å². The number of pyridine rings is 1. The molecule has 0 unspecified atom stereocenters. The predicted molar refractivity (Wildman–Crippen MR) is 90.2 cm³/mol. The molecule has 2 heterocycles. The number of likely N-dealkylation sites (tertiary alicyclic amines) is 1. The summed E-state index contributed by atoms with van der Waals surface area (Å²) in [6.07, 6.45) is 0.153. The molecule has 0 bridgehead atoms. The second kappa shape index (κ2) is 6.97. The van der Waals surface area contributed by atoms with Crippen LogP contribution in [0.25, 0.3) is 0 Å². The Morgan fingerprint density at radius 3 is 2.44 bits per heavy atom. The molecule has 0 radical (unpaired) electrons. The maximum absolute atomic E-state index is 13.4. The molecule has 1 amide bonds. The van der Waals surface area contributed by atoms with E-state index < -0.39 is 57.7 Å². The average molecular weight is 423 g/mol. The first-order valence-corrected chi connectivity index (χ1v) is 10.2. The van der Waals surface area contributed by atoms with Gasteiger partial charge in [-0.25, -0.2) is 22.2 Å². The first kappa shape index (κ1) is 19.9. The van der Waals surface area contributed by atoms with Crippen molar-refractivity contribution in [2.75, 3.05) is 13.1 Å². The van der Waals surface area contributed by atoms with Gasteiger partial charge < -0.3 is 10.0 Å². The van der Waals surface area contributed by atoms with E-state index in [0.717, 1.165) is 11.1 Å². The molecule has 7 nitrogen and oxygen atoms in total. The van der Waals surface area contributed by atoms with Crippen LogP contribution in [0.15, 0.2) is 23.4 Å². The van der Waals surface area contributed by atoms with Crippen molar-refractivity contribution in [1.82, 2.24) is 9.88 Å². The first-order valence-electron chi connectivity index (χ1n) is 8.26. The van der Waals surface area contributed by atoms with Crippen molar-refractivity contribution in [2.24, 2.45) is 11.8 Å². The first-order chi connectivity index (χ1) is 12.5. The molecule has 1 aromatic heterocycles. The molecule has 1 aliphatic heterocycles. The van der Waals surface area contributed by atoms with Crippen LogP contribution in [0.5, 0.6) is 0 Å². The van der Waals surface area contributed by atoms with Crippen molar-refractivity contribution in [1.29, 1.82) is 0 Å². The minimum Gasteiger partial charge on any atom is -0.481 e. The number of halogens is 3. The van der Waals surface area contributed by atoms with E-state index in [1.807, 2.05) is 0 Å². The Hall–Kier alpha value is -1.81. The molecule has 1 N–H and O–H groups in total. The number of carboxylic acids is 1. The summed E-state index contributed by atoms with van der Waals surface area (Å²) >= 11 is 5.70. The van der Waals surface area contributed by atoms with Gasteiger partial charge in [-0.3, -0.25) is 9.59 Å². The highest BCUT2D eigenvalue weighted by Gasteiger charge is 2.51. The maximum Gasteiger partial charge on any atom is 0.307 e. The third kappa shape index (κ3) is 3.91. The zero-order valence-electron chi connectivity index (χ0n) is 14.0. The van der Waals surface area contributed by atoms with Crippen molar-refractivity contribution in [3.63, 3.8) is 0 Å². The van der Waals surface area contributed by atoms with Gasteiger partial charge in [-0.05, 0) is 25.0 Å². The Kier molecular flexibility index (Phi) is 5.15. The SMILES string of the molecule is O=C(O)[C@@H]1C[C@H](S(=O)(=O)c2ccc(Cl)cn2)C[C@H]1C(=O)N1CCC(F)(F)C1. The molecule has 27 heavy (non-hydrogen) atoms. The zero-order chi connectivity index (χ0) is 20.0. The lowest BCUT2D eigenvalue weighted by Gasteiger charge is -2.22. The predicted octanol–water partition coefficient (Wildman–Crippen LogP) is 1.86. The molecule has 3 atom stereocenters. The van der Waals surface area contributed by atoms with E-state index in [-0.39, 0.29) is 29.4 Å². The zero-order valence-corrected chi connectivity index (χ0v) is 15.6. The Labute approximate surface area is 159 Å². The van der Waals surface area contributed by atoms with E-state index in [2.05, 4.69) is 4.98 Å². The highest BCUT2D eigenvalue weighted by molar-refractivity contribution is 7.92. The van der Waals surface area contributed by atoms with Crippen LogP contribution in [0.4, 0.5) is 8.78 Å². The number of carboxylic acid groups (broad SMARTS) is 1. The molecule has 3 rings (SSSR count). The molecule has 2 fully saturated rings. The van der Waals surface area contributed by atoms with Crippen LogP contribution in [0.2, 0.25) is 5.02 Å². The third-order valence-electron chi connectivity index (χ3n) is 5.07. The van der Waals surface area contributed by atoms with E-state index in [1.165, 1.54) is 12.1 Å². The summed E-state index contributed by atoms with van der Waals surface area (Å²) in [5.74, 6) is -7.48. The highest BCUT2D eigenvalue weighted by Crippen LogP contribution is 2.40. The fourth-order valence-electron chi connectivity index (χ4n) is 3.65. The normalized spacial score (nSPS) is 27.7. The number of aromatic nitrogens is 1. The van der Waals surface area contributed by atoms with Gasteiger partial charge >= 0.3 is 5.97 Å². The quantitative estimate of drug-likeness (QED) is 0.794. The largest absolute Gasteiger partial charge is 0.481 e. The summed E-state index contributed by atoms with van der Waals surface area (Å²) in [4.78, 5) is 28.9. The van der Waals surface area contributed by atoms with Gasteiger partial charge in [-0.15, -0.1) is 0 Å². The Bertz CT molecular complexity index is 862. The lowest BCUT2D eigenvalue weighted by molar-refractivity contribution is -0.149. The van der Waals surface area contributed by atoms with Crippen LogP contribution < -0.4 is 0 Å². The number of amides is 1. The minimum absolute atomic E-state index is 0.176. The van der Waals surface area contributed by atoms with Gasteiger partial charge in [-0.2, -0.15) is 0 Å². The Morgan fingerprint density at radius 1 is 1.26 bits per heavy atom. The molecule has 1 aliphatic carbocycles. The molecule has 2 aliphatic rings. The number of carbonyl (C=O) groups excluding carboxylic acids is 1. The second-order valence-electron chi connectivity index (χ2n) is 6.87. The highest BCUT2D eigenvalue weighted by atomic mass is 35.5. The molecule has 148 valence electrons. The number of rotatable bonds is 4. The minimum atomic E-state index is -3.99. The summed E-state index contributed by atoms with van der Waals surface area (Å²) in [6, 6.07) is 2.56. The van der Waals surface area contributed by atoms with Gasteiger partial charge in [0.15, 0.2) is 14.9 Å².